The van der Waals surface area contributed by atoms with Gasteiger partial charge in [-0.1, -0.05) is 47.6 Å². The molecule has 2 saturated heterocycles. The molecule has 200 valence electrons. The molecule has 0 saturated carbocycles. The molecule has 2 aromatic rings. The lowest BCUT2D eigenvalue weighted by molar-refractivity contribution is -0.0278. The van der Waals surface area contributed by atoms with E-state index in [0.29, 0.717) is 12.1 Å². The molecule has 2 aromatic carbocycles. The number of rotatable bonds is 6. The molecule has 0 unspecified atom stereocenters. The Labute approximate surface area is 223 Å². The lowest BCUT2D eigenvalue weighted by Crippen LogP contribution is -2.62. The van der Waals surface area contributed by atoms with Crippen LogP contribution in [0.2, 0.25) is 0 Å². The molecule has 0 bridgehead atoms. The molecule has 0 radical (unpaired) electrons. The Balaban J connectivity index is 1.35. The van der Waals surface area contributed by atoms with Crippen LogP contribution >= 0.6 is 0 Å². The quantitative estimate of drug-likeness (QED) is 0.389. The van der Waals surface area contributed by atoms with E-state index in [4.69, 9.17) is 4.84 Å². The van der Waals surface area contributed by atoms with Gasteiger partial charge in [-0.05, 0) is 76.6 Å². The zero-order chi connectivity index (χ0) is 26.7. The highest BCUT2D eigenvalue weighted by Gasteiger charge is 2.40. The van der Waals surface area contributed by atoms with Crippen LogP contribution in [-0.2, 0) is 4.84 Å². The summed E-state index contributed by atoms with van der Waals surface area (Å²) in [7, 11) is 1.58. The minimum absolute atomic E-state index is 0.140. The van der Waals surface area contributed by atoms with Crippen molar-refractivity contribution >= 4 is 11.6 Å². The predicted molar refractivity (Wildman–Crippen MR) is 151 cm³/mol. The van der Waals surface area contributed by atoms with E-state index < -0.39 is 0 Å². The second kappa shape index (κ2) is 11.4. The topological polar surface area (TPSA) is 48.4 Å². The molecule has 0 aliphatic carbocycles. The Morgan fingerprint density at radius 3 is 2.22 bits per heavy atom. The van der Waals surface area contributed by atoms with Gasteiger partial charge in [0.25, 0.3) is 5.91 Å². The summed E-state index contributed by atoms with van der Waals surface area (Å²) in [6.07, 6.45) is 2.05. The lowest BCUT2D eigenvalue weighted by atomic mass is 9.85. The van der Waals surface area contributed by atoms with Crippen molar-refractivity contribution in [2.45, 2.75) is 72.0 Å². The summed E-state index contributed by atoms with van der Waals surface area (Å²) >= 11 is 0. The van der Waals surface area contributed by atoms with Gasteiger partial charge in [-0.15, -0.1) is 0 Å². The molecule has 2 aliphatic heterocycles. The summed E-state index contributed by atoms with van der Waals surface area (Å²) in [5.41, 5.74) is 6.48. The van der Waals surface area contributed by atoms with E-state index >= 15 is 0 Å². The Morgan fingerprint density at radius 2 is 1.65 bits per heavy atom. The van der Waals surface area contributed by atoms with Crippen molar-refractivity contribution in [3.63, 3.8) is 0 Å². The molecule has 4 rings (SSSR count). The van der Waals surface area contributed by atoms with Crippen LogP contribution < -0.4 is 0 Å². The van der Waals surface area contributed by atoms with Crippen molar-refractivity contribution in [3.05, 3.63) is 70.3 Å². The third kappa shape index (κ3) is 5.75. The van der Waals surface area contributed by atoms with Gasteiger partial charge in [-0.2, -0.15) is 0 Å². The Morgan fingerprint density at radius 1 is 1.03 bits per heavy atom. The van der Waals surface area contributed by atoms with E-state index in [1.54, 1.807) is 7.11 Å². The van der Waals surface area contributed by atoms with Crippen LogP contribution in [-0.4, -0.2) is 77.7 Å². The fourth-order valence-electron chi connectivity index (χ4n) is 6.24. The summed E-state index contributed by atoms with van der Waals surface area (Å²) in [4.78, 5) is 25.6. The van der Waals surface area contributed by atoms with E-state index in [1.807, 2.05) is 39.0 Å². The Bertz CT molecular complexity index is 1100. The van der Waals surface area contributed by atoms with E-state index in [2.05, 4.69) is 64.9 Å². The fraction of sp³-hybridized carbons (Fsp3) is 0.548. The number of carbonyl (C=O) groups is 1. The first-order chi connectivity index (χ1) is 17.6. The molecule has 2 fully saturated rings. The van der Waals surface area contributed by atoms with Gasteiger partial charge in [-0.3, -0.25) is 14.6 Å². The molecule has 1 amide bonds. The number of oxime groups is 1. The molecule has 37 heavy (non-hydrogen) atoms. The highest BCUT2D eigenvalue weighted by molar-refractivity contribution is 5.98. The van der Waals surface area contributed by atoms with Crippen LogP contribution in [0.5, 0.6) is 0 Å². The molecule has 6 heteroatoms. The van der Waals surface area contributed by atoms with Gasteiger partial charge in [0.1, 0.15) is 7.11 Å². The van der Waals surface area contributed by atoms with Crippen LogP contribution in [0, 0.1) is 13.8 Å². The van der Waals surface area contributed by atoms with Gasteiger partial charge in [0.2, 0.25) is 0 Å². The number of hydrogen-bond donors (Lipinski definition) is 0. The van der Waals surface area contributed by atoms with E-state index in [9.17, 15) is 4.79 Å². The normalized spacial score (nSPS) is 22.1. The highest BCUT2D eigenvalue weighted by Crippen LogP contribution is 2.34. The van der Waals surface area contributed by atoms with Crippen LogP contribution in [0.1, 0.15) is 79.2 Å². The average molecular weight is 505 g/mol. The van der Waals surface area contributed by atoms with Crippen molar-refractivity contribution in [3.8, 4) is 0 Å². The number of amides is 1. The zero-order valence-corrected chi connectivity index (χ0v) is 23.8. The van der Waals surface area contributed by atoms with Gasteiger partial charge in [0.05, 0.1) is 5.71 Å². The standard InChI is InChI=1S/C31H44N4O2/c1-22-9-8-10-23(2)29(22)30(36)33-17-15-31(6,16-18-33)34-19-20-35(24(3)21-34)26(5)28-13-11-27(12-14-28)25(4)32-37-7/h8-14,24,26H,15-21H2,1-7H3/b32-25+/t24-,26-/m0/s1. The Hall–Kier alpha value is -2.70. The van der Waals surface area contributed by atoms with Crippen molar-refractivity contribution in [2.75, 3.05) is 39.8 Å². The number of nitrogens with zero attached hydrogens (tertiary/aromatic N) is 4. The molecule has 0 aromatic heterocycles. The number of piperidine rings is 1. The van der Waals surface area contributed by atoms with Crippen molar-refractivity contribution in [2.24, 2.45) is 5.16 Å². The first-order valence-electron chi connectivity index (χ1n) is 13.7. The van der Waals surface area contributed by atoms with Crippen LogP contribution in [0.3, 0.4) is 0 Å². The van der Waals surface area contributed by atoms with E-state index in [-0.39, 0.29) is 11.4 Å². The van der Waals surface area contributed by atoms with Gasteiger partial charge >= 0.3 is 0 Å². The monoisotopic (exact) mass is 504 g/mol. The third-order valence-corrected chi connectivity index (χ3v) is 8.80. The van der Waals surface area contributed by atoms with Crippen molar-refractivity contribution in [1.29, 1.82) is 0 Å². The number of piperazine rings is 1. The van der Waals surface area contributed by atoms with Gasteiger partial charge in [0, 0.05) is 55.9 Å². The second-order valence-corrected chi connectivity index (χ2v) is 11.2. The number of likely N-dealkylation sites (tertiary alicyclic amines) is 1. The third-order valence-electron chi connectivity index (χ3n) is 8.80. The summed E-state index contributed by atoms with van der Waals surface area (Å²) in [6.45, 7) is 18.0. The molecule has 6 nitrogen and oxygen atoms in total. The van der Waals surface area contributed by atoms with Crippen LogP contribution in [0.25, 0.3) is 0 Å². The zero-order valence-electron chi connectivity index (χ0n) is 23.8. The number of carbonyl (C=O) groups excluding carboxylic acids is 1. The molecular weight excluding hydrogens is 460 g/mol. The maximum atomic E-state index is 13.3. The first-order valence-corrected chi connectivity index (χ1v) is 13.7. The first kappa shape index (κ1) is 27.3. The van der Waals surface area contributed by atoms with Gasteiger partial charge in [-0.25, -0.2) is 0 Å². The minimum Gasteiger partial charge on any atom is -0.399 e. The van der Waals surface area contributed by atoms with Crippen molar-refractivity contribution < 1.29 is 9.63 Å². The summed E-state index contributed by atoms with van der Waals surface area (Å²) in [5, 5.41) is 4.05. The maximum Gasteiger partial charge on any atom is 0.254 e. The minimum atomic E-state index is 0.140. The summed E-state index contributed by atoms with van der Waals surface area (Å²) < 4.78 is 0. The average Bonchev–Trinajstić information content (AvgIpc) is 2.88. The molecular formula is C31H44N4O2. The molecule has 2 atom stereocenters. The summed E-state index contributed by atoms with van der Waals surface area (Å²) in [6, 6.07) is 15.7. The van der Waals surface area contributed by atoms with Gasteiger partial charge in [0.15, 0.2) is 0 Å². The maximum absolute atomic E-state index is 13.3. The largest absolute Gasteiger partial charge is 0.399 e. The lowest BCUT2D eigenvalue weighted by Gasteiger charge is -2.52. The number of benzene rings is 2. The second-order valence-electron chi connectivity index (χ2n) is 11.2. The predicted octanol–water partition coefficient (Wildman–Crippen LogP) is 5.44. The molecule has 2 heterocycles. The SMILES string of the molecule is CO/N=C(\C)c1ccc([C@H](C)N2CCN(C3(C)CCN(C(=O)c4c(C)cccc4C)CC3)C[C@@H]2C)cc1. The van der Waals surface area contributed by atoms with Crippen molar-refractivity contribution in [1.82, 2.24) is 14.7 Å². The smallest absolute Gasteiger partial charge is 0.254 e. The van der Waals surface area contributed by atoms with Crippen LogP contribution in [0.4, 0.5) is 0 Å². The molecule has 0 N–H and O–H groups in total. The number of aryl methyl sites for hydroxylation is 2. The molecule has 2 aliphatic rings. The highest BCUT2D eigenvalue weighted by atomic mass is 16.6. The van der Waals surface area contributed by atoms with Gasteiger partial charge < -0.3 is 9.74 Å². The fourth-order valence-corrected chi connectivity index (χ4v) is 6.24. The molecule has 0 spiro atoms. The Kier molecular flexibility index (Phi) is 8.39. The summed E-state index contributed by atoms with van der Waals surface area (Å²) in [5.74, 6) is 0.194. The number of hydrogen-bond acceptors (Lipinski definition) is 5. The van der Waals surface area contributed by atoms with Crippen LogP contribution in [0.15, 0.2) is 47.6 Å². The van der Waals surface area contributed by atoms with E-state index in [0.717, 1.165) is 73.5 Å². The van der Waals surface area contributed by atoms with E-state index in [1.165, 1.54) is 5.56 Å².